The van der Waals surface area contributed by atoms with E-state index >= 15 is 0 Å². The molecule has 1 rings (SSSR count). The number of aliphatic hydroxyl groups is 1. The van der Waals surface area contributed by atoms with Crippen molar-refractivity contribution in [3.8, 4) is 0 Å². The summed E-state index contributed by atoms with van der Waals surface area (Å²) >= 11 is 5.51. The molecule has 0 aliphatic rings. The monoisotopic (exact) mass is 275 g/mol. The second-order valence-corrected chi connectivity index (χ2v) is 3.89. The van der Waals surface area contributed by atoms with Crippen molar-refractivity contribution < 1.29 is 24.2 Å². The van der Waals surface area contributed by atoms with Crippen LogP contribution in [0, 0.1) is 5.82 Å². The van der Waals surface area contributed by atoms with Gasteiger partial charge < -0.3 is 15.5 Å². The summed E-state index contributed by atoms with van der Waals surface area (Å²) in [5, 5.41) is 19.3. The number of amides is 1. The molecular formula is C11H11ClFNO4. The van der Waals surface area contributed by atoms with Crippen LogP contribution in [-0.2, 0) is 4.79 Å². The van der Waals surface area contributed by atoms with Crippen LogP contribution < -0.4 is 5.32 Å². The van der Waals surface area contributed by atoms with Crippen LogP contribution in [0.3, 0.4) is 0 Å². The van der Waals surface area contributed by atoms with Gasteiger partial charge in [-0.15, -0.1) is 0 Å². The van der Waals surface area contributed by atoms with Gasteiger partial charge in [0.1, 0.15) is 6.04 Å². The lowest BCUT2D eigenvalue weighted by Gasteiger charge is -2.13. The highest BCUT2D eigenvalue weighted by Gasteiger charge is 2.22. The Morgan fingerprint density at radius 3 is 2.67 bits per heavy atom. The van der Waals surface area contributed by atoms with Gasteiger partial charge in [-0.3, -0.25) is 4.79 Å². The maximum Gasteiger partial charge on any atom is 0.326 e. The molecule has 0 saturated heterocycles. The topological polar surface area (TPSA) is 86.6 Å². The number of aliphatic hydroxyl groups excluding tert-OH is 1. The SMILES string of the molecule is O=C(N[C@H](CCO)C(=O)O)c1cccc(Cl)c1F. The Balaban J connectivity index is 2.87. The number of carbonyl (C=O) groups is 2. The molecule has 0 bridgehead atoms. The summed E-state index contributed by atoms with van der Waals surface area (Å²) in [6.45, 7) is -0.407. The summed E-state index contributed by atoms with van der Waals surface area (Å²) in [6, 6.07) is 2.56. The van der Waals surface area contributed by atoms with E-state index in [4.69, 9.17) is 21.8 Å². The smallest absolute Gasteiger partial charge is 0.326 e. The lowest BCUT2D eigenvalue weighted by atomic mass is 10.1. The normalized spacial score (nSPS) is 11.9. The number of nitrogens with one attached hydrogen (secondary N) is 1. The van der Waals surface area contributed by atoms with Crippen molar-refractivity contribution in [2.24, 2.45) is 0 Å². The molecule has 0 saturated carbocycles. The third-order valence-corrected chi connectivity index (χ3v) is 2.51. The molecule has 1 atom stereocenters. The van der Waals surface area contributed by atoms with Crippen molar-refractivity contribution >= 4 is 23.5 Å². The largest absolute Gasteiger partial charge is 0.480 e. The number of halogens is 2. The maximum atomic E-state index is 13.5. The minimum Gasteiger partial charge on any atom is -0.480 e. The van der Waals surface area contributed by atoms with Gasteiger partial charge in [-0.25, -0.2) is 9.18 Å². The minimum absolute atomic E-state index is 0.163. The van der Waals surface area contributed by atoms with Gasteiger partial charge in [0.05, 0.1) is 10.6 Å². The molecule has 1 aromatic carbocycles. The summed E-state index contributed by atoms with van der Waals surface area (Å²) in [5.41, 5.74) is -0.341. The Kier molecular flexibility index (Phi) is 5.06. The van der Waals surface area contributed by atoms with E-state index in [1.807, 2.05) is 0 Å². The molecule has 0 aromatic heterocycles. The van der Waals surface area contributed by atoms with Crippen LogP contribution in [0.5, 0.6) is 0 Å². The van der Waals surface area contributed by atoms with E-state index in [1.165, 1.54) is 18.2 Å². The van der Waals surface area contributed by atoms with Gasteiger partial charge in [-0.1, -0.05) is 17.7 Å². The Bertz CT molecular complexity index is 466. The highest BCUT2D eigenvalue weighted by molar-refractivity contribution is 6.31. The average Bonchev–Trinajstić information content (AvgIpc) is 2.31. The summed E-state index contributed by atoms with van der Waals surface area (Å²) in [4.78, 5) is 22.4. The number of rotatable bonds is 5. The van der Waals surface area contributed by atoms with Crippen LogP contribution >= 0.6 is 11.6 Å². The molecule has 0 radical (unpaired) electrons. The zero-order valence-electron chi connectivity index (χ0n) is 9.19. The Morgan fingerprint density at radius 2 is 2.11 bits per heavy atom. The molecule has 0 aliphatic carbocycles. The Morgan fingerprint density at radius 1 is 1.44 bits per heavy atom. The first-order valence-corrected chi connectivity index (χ1v) is 5.43. The first-order chi connectivity index (χ1) is 8.47. The Labute approximate surface area is 107 Å². The second kappa shape index (κ2) is 6.32. The quantitative estimate of drug-likeness (QED) is 0.749. The summed E-state index contributed by atoms with van der Waals surface area (Å²) in [5.74, 6) is -3.11. The number of carbonyl (C=O) groups excluding carboxylic acids is 1. The fourth-order valence-electron chi connectivity index (χ4n) is 1.30. The molecule has 98 valence electrons. The number of benzene rings is 1. The van der Waals surface area contributed by atoms with E-state index in [1.54, 1.807) is 0 Å². The summed E-state index contributed by atoms with van der Waals surface area (Å²) < 4.78 is 13.5. The van der Waals surface area contributed by atoms with Gasteiger partial charge in [0.2, 0.25) is 0 Å². The van der Waals surface area contributed by atoms with E-state index < -0.39 is 30.3 Å². The number of hydrogen-bond donors (Lipinski definition) is 3. The van der Waals surface area contributed by atoms with Crippen LogP contribution in [-0.4, -0.2) is 34.7 Å². The lowest BCUT2D eigenvalue weighted by molar-refractivity contribution is -0.139. The predicted molar refractivity (Wildman–Crippen MR) is 62.0 cm³/mol. The molecule has 0 fully saturated rings. The molecule has 3 N–H and O–H groups in total. The van der Waals surface area contributed by atoms with Crippen molar-refractivity contribution in [3.63, 3.8) is 0 Å². The van der Waals surface area contributed by atoms with Crippen LogP contribution in [0.25, 0.3) is 0 Å². The van der Waals surface area contributed by atoms with E-state index in [0.717, 1.165) is 0 Å². The molecule has 5 nitrogen and oxygen atoms in total. The van der Waals surface area contributed by atoms with E-state index in [0.29, 0.717) is 0 Å². The van der Waals surface area contributed by atoms with Crippen molar-refractivity contribution in [2.75, 3.05) is 6.61 Å². The van der Waals surface area contributed by atoms with Crippen molar-refractivity contribution in [1.29, 1.82) is 0 Å². The number of hydrogen-bond acceptors (Lipinski definition) is 3. The third kappa shape index (κ3) is 3.41. The fraction of sp³-hybridized carbons (Fsp3) is 0.273. The second-order valence-electron chi connectivity index (χ2n) is 3.48. The minimum atomic E-state index is -1.31. The van der Waals surface area contributed by atoms with Crippen LogP contribution in [0.1, 0.15) is 16.8 Å². The molecule has 0 unspecified atom stereocenters. The highest BCUT2D eigenvalue weighted by atomic mass is 35.5. The van der Waals surface area contributed by atoms with E-state index in [-0.39, 0.29) is 17.0 Å². The van der Waals surface area contributed by atoms with Gasteiger partial charge in [-0.2, -0.15) is 0 Å². The number of carboxylic acid groups (broad SMARTS) is 1. The van der Waals surface area contributed by atoms with Crippen molar-refractivity contribution in [3.05, 3.63) is 34.6 Å². The highest BCUT2D eigenvalue weighted by Crippen LogP contribution is 2.17. The zero-order valence-corrected chi connectivity index (χ0v) is 9.95. The molecule has 0 spiro atoms. The zero-order chi connectivity index (χ0) is 13.7. The number of carboxylic acids is 1. The third-order valence-electron chi connectivity index (χ3n) is 2.22. The lowest BCUT2D eigenvalue weighted by Crippen LogP contribution is -2.41. The summed E-state index contributed by atoms with van der Waals surface area (Å²) in [7, 11) is 0. The van der Waals surface area contributed by atoms with Crippen LogP contribution in [0.2, 0.25) is 5.02 Å². The molecule has 0 aliphatic heterocycles. The van der Waals surface area contributed by atoms with Crippen molar-refractivity contribution in [2.45, 2.75) is 12.5 Å². The van der Waals surface area contributed by atoms with E-state index in [9.17, 15) is 14.0 Å². The predicted octanol–water partition coefficient (Wildman–Crippen LogP) is 1.04. The van der Waals surface area contributed by atoms with Crippen molar-refractivity contribution in [1.82, 2.24) is 5.32 Å². The molecule has 7 heteroatoms. The molecule has 1 aromatic rings. The van der Waals surface area contributed by atoms with Crippen LogP contribution in [0.15, 0.2) is 18.2 Å². The van der Waals surface area contributed by atoms with Crippen LogP contribution in [0.4, 0.5) is 4.39 Å². The molecule has 0 heterocycles. The maximum absolute atomic E-state index is 13.5. The summed E-state index contributed by atoms with van der Waals surface area (Å²) in [6.07, 6.45) is -0.163. The number of aliphatic carboxylic acids is 1. The molecule has 18 heavy (non-hydrogen) atoms. The Hall–Kier alpha value is -1.66. The fourth-order valence-corrected chi connectivity index (χ4v) is 1.48. The van der Waals surface area contributed by atoms with E-state index in [2.05, 4.69) is 5.32 Å². The average molecular weight is 276 g/mol. The molecule has 1 amide bonds. The first kappa shape index (κ1) is 14.4. The standard InChI is InChI=1S/C11H11ClFNO4/c12-7-3-1-2-6(9(7)13)10(16)14-8(4-5-15)11(17)18/h1-3,8,15H,4-5H2,(H,14,16)(H,17,18)/t8-/m1/s1. The van der Waals surface area contributed by atoms with Gasteiger partial charge in [0.15, 0.2) is 5.82 Å². The van der Waals surface area contributed by atoms with Gasteiger partial charge in [-0.05, 0) is 12.1 Å². The van der Waals surface area contributed by atoms with Gasteiger partial charge in [0, 0.05) is 13.0 Å². The first-order valence-electron chi connectivity index (χ1n) is 5.06. The molecular weight excluding hydrogens is 265 g/mol. The van der Waals surface area contributed by atoms with Gasteiger partial charge >= 0.3 is 5.97 Å². The van der Waals surface area contributed by atoms with Gasteiger partial charge in [0.25, 0.3) is 5.91 Å².